The molecular formula is C7H14O3. The molecule has 0 radical (unpaired) electrons. The van der Waals surface area contributed by atoms with Crippen molar-refractivity contribution in [1.82, 2.24) is 0 Å². The van der Waals surface area contributed by atoms with Crippen LogP contribution in [-0.2, 0) is 4.74 Å². The van der Waals surface area contributed by atoms with E-state index < -0.39 is 6.10 Å². The summed E-state index contributed by atoms with van der Waals surface area (Å²) < 4.78 is 4.93. The van der Waals surface area contributed by atoms with Crippen molar-refractivity contribution >= 4 is 0 Å². The van der Waals surface area contributed by atoms with E-state index in [0.717, 1.165) is 0 Å². The number of aliphatic hydroxyl groups excluding tert-OH is 2. The molecule has 0 aromatic carbocycles. The minimum absolute atomic E-state index is 0.195. The number of aliphatic hydroxyl groups is 2. The first-order valence-corrected chi connectivity index (χ1v) is 3.29. The summed E-state index contributed by atoms with van der Waals surface area (Å²) in [5.41, 5.74) is 0. The second kappa shape index (κ2) is 6.74. The van der Waals surface area contributed by atoms with Gasteiger partial charge in [-0.05, 0) is 6.92 Å². The Balaban J connectivity index is 3.03. The lowest BCUT2D eigenvalue weighted by atomic mass is 10.4. The minimum atomic E-state index is -0.745. The van der Waals surface area contributed by atoms with Crippen LogP contribution in [0.5, 0.6) is 0 Å². The summed E-state index contributed by atoms with van der Waals surface area (Å²) in [6, 6.07) is 0. The number of hydrogen-bond acceptors (Lipinski definition) is 3. The molecule has 10 heavy (non-hydrogen) atoms. The van der Waals surface area contributed by atoms with Gasteiger partial charge in [-0.25, -0.2) is 0 Å². The van der Waals surface area contributed by atoms with Gasteiger partial charge in [0.25, 0.3) is 0 Å². The molecule has 0 aliphatic rings. The molecule has 0 rings (SSSR count). The first-order chi connectivity index (χ1) is 4.81. The Morgan fingerprint density at radius 3 is 2.80 bits per heavy atom. The first kappa shape index (κ1) is 9.62. The van der Waals surface area contributed by atoms with Crippen molar-refractivity contribution in [3.8, 4) is 0 Å². The molecule has 0 bridgehead atoms. The van der Waals surface area contributed by atoms with E-state index in [1.165, 1.54) is 0 Å². The predicted molar refractivity (Wildman–Crippen MR) is 38.7 cm³/mol. The molecule has 2 N–H and O–H groups in total. The quantitative estimate of drug-likeness (QED) is 0.421. The Kier molecular flexibility index (Phi) is 6.48. The first-order valence-electron chi connectivity index (χ1n) is 3.29. The van der Waals surface area contributed by atoms with Gasteiger partial charge in [0.15, 0.2) is 0 Å². The van der Waals surface area contributed by atoms with E-state index in [4.69, 9.17) is 14.9 Å². The third kappa shape index (κ3) is 5.75. The summed E-state index contributed by atoms with van der Waals surface area (Å²) in [5.74, 6) is 0. The van der Waals surface area contributed by atoms with Gasteiger partial charge in [0.05, 0.1) is 19.8 Å². The van der Waals surface area contributed by atoms with Crippen LogP contribution in [0.15, 0.2) is 12.2 Å². The van der Waals surface area contributed by atoms with Crippen molar-refractivity contribution in [2.45, 2.75) is 13.0 Å². The van der Waals surface area contributed by atoms with E-state index in [2.05, 4.69) is 0 Å². The van der Waals surface area contributed by atoms with Gasteiger partial charge < -0.3 is 14.9 Å². The third-order valence-corrected chi connectivity index (χ3v) is 0.971. The van der Waals surface area contributed by atoms with E-state index in [1.54, 1.807) is 0 Å². The monoisotopic (exact) mass is 146 g/mol. The lowest BCUT2D eigenvalue weighted by Gasteiger charge is -2.05. The molecule has 0 amide bonds. The highest BCUT2D eigenvalue weighted by Crippen LogP contribution is 1.83. The second-order valence-electron chi connectivity index (χ2n) is 1.94. The molecule has 60 valence electrons. The van der Waals surface area contributed by atoms with Gasteiger partial charge in [-0.15, -0.1) is 0 Å². The Bertz CT molecular complexity index is 90.9. The van der Waals surface area contributed by atoms with Crippen molar-refractivity contribution in [3.63, 3.8) is 0 Å². The standard InChI is InChI=1S/C7H14O3/c1-2-3-4-10-6-7(9)5-8/h2-3,7-9H,4-6H2,1H3/b3-2+. The van der Waals surface area contributed by atoms with E-state index in [9.17, 15) is 0 Å². The number of ether oxygens (including phenoxy) is 1. The number of allylic oxidation sites excluding steroid dienone is 1. The van der Waals surface area contributed by atoms with Crippen molar-refractivity contribution < 1.29 is 14.9 Å². The van der Waals surface area contributed by atoms with Crippen LogP contribution >= 0.6 is 0 Å². The zero-order valence-corrected chi connectivity index (χ0v) is 6.16. The molecule has 1 atom stereocenters. The highest BCUT2D eigenvalue weighted by molar-refractivity contribution is 4.75. The normalized spacial score (nSPS) is 14.3. The van der Waals surface area contributed by atoms with Gasteiger partial charge in [0.2, 0.25) is 0 Å². The highest BCUT2D eigenvalue weighted by atomic mass is 16.5. The van der Waals surface area contributed by atoms with Crippen LogP contribution in [0.3, 0.4) is 0 Å². The molecule has 0 heterocycles. The summed E-state index contributed by atoms with van der Waals surface area (Å²) in [6.07, 6.45) is 2.96. The largest absolute Gasteiger partial charge is 0.394 e. The van der Waals surface area contributed by atoms with E-state index in [0.29, 0.717) is 6.61 Å². The Morgan fingerprint density at radius 2 is 2.30 bits per heavy atom. The van der Waals surface area contributed by atoms with Gasteiger partial charge in [0, 0.05) is 0 Å². The maximum absolute atomic E-state index is 8.76. The topological polar surface area (TPSA) is 49.7 Å². The smallest absolute Gasteiger partial charge is 0.100 e. The van der Waals surface area contributed by atoms with Crippen LogP contribution in [0.1, 0.15) is 6.92 Å². The van der Waals surface area contributed by atoms with E-state index >= 15 is 0 Å². The summed E-state index contributed by atoms with van der Waals surface area (Å²) in [4.78, 5) is 0. The summed E-state index contributed by atoms with van der Waals surface area (Å²) in [5, 5.41) is 17.1. The molecule has 0 aliphatic heterocycles. The van der Waals surface area contributed by atoms with Crippen LogP contribution in [0, 0.1) is 0 Å². The zero-order valence-electron chi connectivity index (χ0n) is 6.16. The zero-order chi connectivity index (χ0) is 7.82. The SMILES string of the molecule is C/C=C/COCC(O)CO. The maximum Gasteiger partial charge on any atom is 0.100 e. The lowest BCUT2D eigenvalue weighted by Crippen LogP contribution is -2.19. The second-order valence-corrected chi connectivity index (χ2v) is 1.94. The molecule has 1 unspecified atom stereocenters. The lowest BCUT2D eigenvalue weighted by molar-refractivity contribution is 0.0149. The van der Waals surface area contributed by atoms with Crippen molar-refractivity contribution in [1.29, 1.82) is 0 Å². The van der Waals surface area contributed by atoms with E-state index in [1.807, 2.05) is 19.1 Å². The fourth-order valence-corrected chi connectivity index (χ4v) is 0.421. The van der Waals surface area contributed by atoms with Gasteiger partial charge >= 0.3 is 0 Å². The van der Waals surface area contributed by atoms with Crippen molar-refractivity contribution in [2.24, 2.45) is 0 Å². The van der Waals surface area contributed by atoms with Crippen LogP contribution in [0.25, 0.3) is 0 Å². The van der Waals surface area contributed by atoms with Gasteiger partial charge in [-0.2, -0.15) is 0 Å². The number of rotatable bonds is 5. The van der Waals surface area contributed by atoms with Gasteiger partial charge in [0.1, 0.15) is 6.10 Å². The van der Waals surface area contributed by atoms with Crippen LogP contribution in [0.4, 0.5) is 0 Å². The van der Waals surface area contributed by atoms with Crippen LogP contribution in [0.2, 0.25) is 0 Å². The Hall–Kier alpha value is -0.380. The molecule has 0 fully saturated rings. The predicted octanol–water partition coefficient (Wildman–Crippen LogP) is -0.0677. The van der Waals surface area contributed by atoms with Gasteiger partial charge in [-0.1, -0.05) is 12.2 Å². The Morgan fingerprint density at radius 1 is 1.60 bits per heavy atom. The summed E-state index contributed by atoms with van der Waals surface area (Å²) in [7, 11) is 0. The minimum Gasteiger partial charge on any atom is -0.394 e. The fraction of sp³-hybridized carbons (Fsp3) is 0.714. The molecule has 0 spiro atoms. The van der Waals surface area contributed by atoms with Crippen LogP contribution in [-0.4, -0.2) is 36.1 Å². The molecular weight excluding hydrogens is 132 g/mol. The molecule has 0 saturated carbocycles. The fourth-order valence-electron chi connectivity index (χ4n) is 0.421. The highest BCUT2D eigenvalue weighted by Gasteiger charge is 1.98. The molecule has 0 aromatic rings. The summed E-state index contributed by atoms with van der Waals surface area (Å²) in [6.45, 7) is 2.34. The average molecular weight is 146 g/mol. The van der Waals surface area contributed by atoms with Gasteiger partial charge in [-0.3, -0.25) is 0 Å². The molecule has 0 saturated heterocycles. The molecule has 3 nitrogen and oxygen atoms in total. The van der Waals surface area contributed by atoms with E-state index in [-0.39, 0.29) is 13.2 Å². The molecule has 0 aromatic heterocycles. The average Bonchev–Trinajstić information content (AvgIpc) is 1.98. The van der Waals surface area contributed by atoms with Crippen LogP contribution < -0.4 is 0 Å². The molecule has 3 heteroatoms. The number of hydrogen-bond donors (Lipinski definition) is 2. The maximum atomic E-state index is 8.76. The van der Waals surface area contributed by atoms with Crippen molar-refractivity contribution in [3.05, 3.63) is 12.2 Å². The van der Waals surface area contributed by atoms with Crippen molar-refractivity contribution in [2.75, 3.05) is 19.8 Å². The molecule has 0 aliphatic carbocycles. The third-order valence-electron chi connectivity index (χ3n) is 0.971. The summed E-state index contributed by atoms with van der Waals surface area (Å²) >= 11 is 0. The Labute approximate surface area is 60.9 Å².